The molecule has 0 aliphatic heterocycles. The van der Waals surface area contributed by atoms with Gasteiger partial charge in [0.05, 0.1) is 25.2 Å². The topological polar surface area (TPSA) is 39.4 Å². The number of esters is 1. The largest absolute Gasteiger partial charge is 0.472 e. The summed E-state index contributed by atoms with van der Waals surface area (Å²) in [7, 11) is 1.43. The highest BCUT2D eigenvalue weighted by atomic mass is 16.5. The third-order valence-electron chi connectivity index (χ3n) is 6.97. The fourth-order valence-electron chi connectivity index (χ4n) is 5.12. The fourth-order valence-corrected chi connectivity index (χ4v) is 5.12. The van der Waals surface area contributed by atoms with Gasteiger partial charge in [-0.3, -0.25) is 0 Å². The van der Waals surface area contributed by atoms with Crippen molar-refractivity contribution in [1.82, 2.24) is 0 Å². The second-order valence-electron chi connectivity index (χ2n) is 10.4. The maximum absolute atomic E-state index is 12.1. The summed E-state index contributed by atoms with van der Waals surface area (Å²) < 4.78 is 9.75. The van der Waals surface area contributed by atoms with Crippen LogP contribution in [0.15, 0.2) is 78.6 Å². The number of methoxy groups -OCH3 is 1. The quantitative estimate of drug-likeness (QED) is 0.184. The summed E-state index contributed by atoms with van der Waals surface area (Å²) in [5.74, 6) is 0.528. The lowest BCUT2D eigenvalue weighted by Gasteiger charge is -2.29. The van der Waals surface area contributed by atoms with E-state index in [1.165, 1.54) is 34.9 Å². The lowest BCUT2D eigenvalue weighted by Crippen LogP contribution is -2.12. The van der Waals surface area contributed by atoms with Crippen molar-refractivity contribution in [3.63, 3.8) is 0 Å². The molecule has 3 heteroatoms. The Morgan fingerprint density at radius 3 is 2.10 bits per heavy atom. The molecule has 0 radical (unpaired) electrons. The molecule has 3 aromatic rings. The standard InChI is InChI=1S/C29H38O2.C7H8O/c1-8-13-23(14-9-2)28(25-18-17-24(19-21(25)6)29(30)31-7)27(20(4)5)26-16-12-11-15-22(26)10-3;1-6(2)7-3-4-8-5-7/h10-12,15-20,23H,3,8-9,13-14H2,1-2,4-7H3;3-5H,1H2,2H3/b28-27+;. The predicted molar refractivity (Wildman–Crippen MR) is 167 cm³/mol. The van der Waals surface area contributed by atoms with Crippen molar-refractivity contribution in [2.75, 3.05) is 7.11 Å². The van der Waals surface area contributed by atoms with Gasteiger partial charge in [-0.1, -0.05) is 90.1 Å². The van der Waals surface area contributed by atoms with E-state index in [9.17, 15) is 4.79 Å². The average molecular weight is 527 g/mol. The number of ether oxygens (including phenoxy) is 1. The van der Waals surface area contributed by atoms with E-state index in [0.717, 1.165) is 42.4 Å². The van der Waals surface area contributed by atoms with Crippen molar-refractivity contribution in [1.29, 1.82) is 0 Å². The summed E-state index contributed by atoms with van der Waals surface area (Å²) in [6.45, 7) is 20.9. The number of allylic oxidation sites excluding steroid dienone is 3. The van der Waals surface area contributed by atoms with Crippen LogP contribution < -0.4 is 0 Å². The van der Waals surface area contributed by atoms with E-state index in [0.29, 0.717) is 17.4 Å². The summed E-state index contributed by atoms with van der Waals surface area (Å²) in [6.07, 6.45) is 9.86. The van der Waals surface area contributed by atoms with Crippen molar-refractivity contribution < 1.29 is 13.9 Å². The molecule has 208 valence electrons. The first-order chi connectivity index (χ1) is 18.7. The average Bonchev–Trinajstić information content (AvgIpc) is 3.47. The fraction of sp³-hybridized carbons (Fsp3) is 0.361. The molecule has 0 unspecified atom stereocenters. The van der Waals surface area contributed by atoms with E-state index in [4.69, 9.17) is 9.15 Å². The van der Waals surface area contributed by atoms with E-state index < -0.39 is 0 Å². The first kappa shape index (κ1) is 31.6. The Morgan fingerprint density at radius 2 is 1.64 bits per heavy atom. The van der Waals surface area contributed by atoms with Crippen LogP contribution in [0.3, 0.4) is 0 Å². The summed E-state index contributed by atoms with van der Waals surface area (Å²) >= 11 is 0. The van der Waals surface area contributed by atoms with E-state index >= 15 is 0 Å². The van der Waals surface area contributed by atoms with Crippen LogP contribution in [-0.4, -0.2) is 13.1 Å². The van der Waals surface area contributed by atoms with Gasteiger partial charge in [0.2, 0.25) is 0 Å². The molecule has 0 fully saturated rings. The van der Waals surface area contributed by atoms with Gasteiger partial charge in [-0.15, -0.1) is 0 Å². The van der Waals surface area contributed by atoms with Gasteiger partial charge in [-0.05, 0) is 95.7 Å². The van der Waals surface area contributed by atoms with Crippen molar-refractivity contribution in [3.05, 3.63) is 108 Å². The Bertz CT molecular complexity index is 1250. The van der Waals surface area contributed by atoms with Gasteiger partial charge in [-0.25, -0.2) is 4.79 Å². The number of hydrogen-bond acceptors (Lipinski definition) is 3. The second kappa shape index (κ2) is 15.7. The number of aryl methyl sites for hydroxylation is 1. The second-order valence-corrected chi connectivity index (χ2v) is 10.4. The number of carbonyl (C=O) groups excluding carboxylic acids is 1. The van der Waals surface area contributed by atoms with Gasteiger partial charge >= 0.3 is 5.97 Å². The minimum absolute atomic E-state index is 0.292. The van der Waals surface area contributed by atoms with Gasteiger partial charge in [0, 0.05) is 5.56 Å². The highest BCUT2D eigenvalue weighted by Crippen LogP contribution is 2.42. The summed E-state index contributed by atoms with van der Waals surface area (Å²) in [5, 5.41) is 0. The lowest BCUT2D eigenvalue weighted by atomic mass is 9.76. The van der Waals surface area contributed by atoms with Gasteiger partial charge in [0.1, 0.15) is 0 Å². The van der Waals surface area contributed by atoms with E-state index in [1.54, 1.807) is 12.5 Å². The Kier molecular flexibility index (Phi) is 12.8. The first-order valence-corrected chi connectivity index (χ1v) is 14.0. The SMILES string of the molecule is C=C(C)c1ccoc1.C=Cc1ccccc1/C(=C(/c1ccc(C(=O)OC)cc1C)C(CCC)CCC)C(C)C. The van der Waals surface area contributed by atoms with Crippen LogP contribution in [-0.2, 0) is 4.74 Å². The molecule has 2 aromatic carbocycles. The molecule has 0 spiro atoms. The molecular formula is C36H46O3. The normalized spacial score (nSPS) is 11.5. The Balaban J connectivity index is 0.000000568. The first-order valence-electron chi connectivity index (χ1n) is 14.0. The zero-order valence-corrected chi connectivity index (χ0v) is 25.0. The molecule has 1 aromatic heterocycles. The third-order valence-corrected chi connectivity index (χ3v) is 6.97. The Morgan fingerprint density at radius 1 is 0.974 bits per heavy atom. The Hall–Kier alpha value is -3.59. The monoisotopic (exact) mass is 526 g/mol. The maximum atomic E-state index is 12.1. The molecule has 0 atom stereocenters. The number of furan rings is 1. The van der Waals surface area contributed by atoms with Gasteiger partial charge in [0.25, 0.3) is 0 Å². The third kappa shape index (κ3) is 8.45. The number of carbonyl (C=O) groups is 1. The van der Waals surface area contributed by atoms with Crippen LogP contribution in [0.5, 0.6) is 0 Å². The van der Waals surface area contributed by atoms with Crippen molar-refractivity contribution in [3.8, 4) is 0 Å². The molecule has 0 N–H and O–H groups in total. The maximum Gasteiger partial charge on any atom is 0.337 e. The van der Waals surface area contributed by atoms with Crippen LogP contribution >= 0.6 is 0 Å². The van der Waals surface area contributed by atoms with E-state index in [-0.39, 0.29) is 5.97 Å². The van der Waals surface area contributed by atoms with Crippen LogP contribution in [0.1, 0.15) is 98.5 Å². The van der Waals surface area contributed by atoms with E-state index in [1.807, 2.05) is 31.2 Å². The van der Waals surface area contributed by atoms with Crippen molar-refractivity contribution in [2.24, 2.45) is 11.8 Å². The molecule has 0 amide bonds. The zero-order chi connectivity index (χ0) is 28.9. The van der Waals surface area contributed by atoms with Crippen LogP contribution in [0.4, 0.5) is 0 Å². The Labute approximate surface area is 236 Å². The highest BCUT2D eigenvalue weighted by Gasteiger charge is 2.24. The molecule has 0 aliphatic carbocycles. The molecule has 39 heavy (non-hydrogen) atoms. The minimum atomic E-state index is -0.292. The molecule has 0 bridgehead atoms. The van der Waals surface area contributed by atoms with Crippen LogP contribution in [0.25, 0.3) is 22.8 Å². The molecule has 0 saturated carbocycles. The summed E-state index contributed by atoms with van der Waals surface area (Å²) in [6, 6.07) is 16.4. The number of hydrogen-bond donors (Lipinski definition) is 0. The molecular weight excluding hydrogens is 480 g/mol. The van der Waals surface area contributed by atoms with Gasteiger partial charge in [0.15, 0.2) is 0 Å². The van der Waals surface area contributed by atoms with Gasteiger partial charge < -0.3 is 9.15 Å². The van der Waals surface area contributed by atoms with Crippen molar-refractivity contribution >= 4 is 28.8 Å². The molecule has 3 rings (SSSR count). The lowest BCUT2D eigenvalue weighted by molar-refractivity contribution is 0.0600. The highest BCUT2D eigenvalue weighted by molar-refractivity contribution is 5.96. The number of rotatable bonds is 11. The molecule has 1 heterocycles. The van der Waals surface area contributed by atoms with E-state index in [2.05, 4.69) is 78.1 Å². The molecule has 0 saturated heterocycles. The van der Waals surface area contributed by atoms with Crippen molar-refractivity contribution in [2.45, 2.75) is 67.2 Å². The molecule has 3 nitrogen and oxygen atoms in total. The minimum Gasteiger partial charge on any atom is -0.472 e. The summed E-state index contributed by atoms with van der Waals surface area (Å²) in [5.41, 5.74) is 10.3. The van der Waals surface area contributed by atoms with Gasteiger partial charge in [-0.2, -0.15) is 0 Å². The number of benzene rings is 2. The smallest absolute Gasteiger partial charge is 0.337 e. The van der Waals surface area contributed by atoms with Crippen LogP contribution in [0, 0.1) is 18.8 Å². The summed E-state index contributed by atoms with van der Waals surface area (Å²) in [4.78, 5) is 12.1. The van der Waals surface area contributed by atoms with Crippen LogP contribution in [0.2, 0.25) is 0 Å². The zero-order valence-electron chi connectivity index (χ0n) is 25.0. The molecule has 0 aliphatic rings. The predicted octanol–water partition coefficient (Wildman–Crippen LogP) is 10.5.